The fraction of sp³-hybridized carbons (Fsp3) is 0.421. The summed E-state index contributed by atoms with van der Waals surface area (Å²) < 4.78 is 33.3. The van der Waals surface area contributed by atoms with Gasteiger partial charge in [0, 0.05) is 18.5 Å². The van der Waals surface area contributed by atoms with E-state index < -0.39 is 16.1 Å². The molecule has 0 saturated carbocycles. The number of thiophene rings is 1. The van der Waals surface area contributed by atoms with Gasteiger partial charge in [0.1, 0.15) is 16.0 Å². The Bertz CT molecular complexity index is 912. The minimum absolute atomic E-state index is 0.157. The number of para-hydroxylation sites is 1. The second-order valence-corrected chi connectivity index (χ2v) is 9.86. The zero-order valence-corrected chi connectivity index (χ0v) is 16.5. The molecule has 0 unspecified atom stereocenters. The molecule has 1 saturated heterocycles. The highest BCUT2D eigenvalue weighted by molar-refractivity contribution is 7.91. The fourth-order valence-corrected chi connectivity index (χ4v) is 6.52. The van der Waals surface area contributed by atoms with Crippen molar-refractivity contribution in [1.82, 2.24) is 9.62 Å². The number of ether oxygens (including phenoxy) is 1. The van der Waals surface area contributed by atoms with Gasteiger partial charge >= 0.3 is 0 Å². The van der Waals surface area contributed by atoms with Crippen LogP contribution in [-0.4, -0.2) is 37.8 Å². The van der Waals surface area contributed by atoms with Crippen molar-refractivity contribution in [1.29, 1.82) is 0 Å². The van der Waals surface area contributed by atoms with Crippen molar-refractivity contribution in [2.45, 2.75) is 42.0 Å². The van der Waals surface area contributed by atoms with Gasteiger partial charge in [0.25, 0.3) is 10.0 Å². The van der Waals surface area contributed by atoms with Crippen molar-refractivity contribution in [2.75, 3.05) is 13.2 Å². The molecule has 1 aromatic carbocycles. The normalized spacial score (nSPS) is 23.3. The van der Waals surface area contributed by atoms with E-state index in [0.29, 0.717) is 30.2 Å². The predicted molar refractivity (Wildman–Crippen MR) is 103 cm³/mol. The molecule has 1 fully saturated rings. The average molecular weight is 407 g/mol. The van der Waals surface area contributed by atoms with Crippen molar-refractivity contribution in [3.8, 4) is 5.75 Å². The number of carbonyl (C=O) groups is 1. The van der Waals surface area contributed by atoms with Crippen LogP contribution in [0.2, 0.25) is 0 Å². The molecular formula is C19H22N2O4S2. The molecule has 2 aromatic rings. The molecule has 2 aliphatic heterocycles. The Morgan fingerprint density at radius 2 is 2.00 bits per heavy atom. The van der Waals surface area contributed by atoms with Crippen molar-refractivity contribution >= 4 is 27.3 Å². The van der Waals surface area contributed by atoms with Crippen LogP contribution in [-0.2, 0) is 14.8 Å². The minimum Gasteiger partial charge on any atom is -0.493 e. The lowest BCUT2D eigenvalue weighted by Gasteiger charge is -2.35. The summed E-state index contributed by atoms with van der Waals surface area (Å²) >= 11 is 1.19. The first-order chi connectivity index (χ1) is 13.1. The molecular weight excluding hydrogens is 384 g/mol. The Labute approximate surface area is 163 Å². The van der Waals surface area contributed by atoms with Crippen LogP contribution in [0, 0.1) is 0 Å². The molecule has 0 bridgehead atoms. The maximum absolute atomic E-state index is 13.0. The molecule has 0 spiro atoms. The molecule has 6 nitrogen and oxygen atoms in total. The van der Waals surface area contributed by atoms with E-state index in [4.69, 9.17) is 4.74 Å². The lowest BCUT2D eigenvalue weighted by Crippen LogP contribution is -2.52. The Kier molecular flexibility index (Phi) is 5.21. The van der Waals surface area contributed by atoms with Gasteiger partial charge in [-0.15, -0.1) is 11.3 Å². The van der Waals surface area contributed by atoms with Gasteiger partial charge < -0.3 is 10.1 Å². The van der Waals surface area contributed by atoms with Gasteiger partial charge in [0.2, 0.25) is 5.91 Å². The average Bonchev–Trinajstić information content (AvgIpc) is 3.24. The molecule has 0 aliphatic carbocycles. The number of rotatable bonds is 4. The molecule has 0 radical (unpaired) electrons. The van der Waals surface area contributed by atoms with Crippen LogP contribution >= 0.6 is 11.3 Å². The Hall–Kier alpha value is -1.90. The van der Waals surface area contributed by atoms with E-state index in [1.807, 2.05) is 24.3 Å². The van der Waals surface area contributed by atoms with E-state index >= 15 is 0 Å². The van der Waals surface area contributed by atoms with Gasteiger partial charge in [0.15, 0.2) is 0 Å². The number of carbonyl (C=O) groups excluding carboxylic acids is 1. The van der Waals surface area contributed by atoms with Crippen molar-refractivity contribution in [2.24, 2.45) is 0 Å². The highest BCUT2D eigenvalue weighted by atomic mass is 32.2. The zero-order valence-electron chi connectivity index (χ0n) is 14.8. The summed E-state index contributed by atoms with van der Waals surface area (Å²) in [5.74, 6) is 0.553. The van der Waals surface area contributed by atoms with Crippen molar-refractivity contribution in [3.63, 3.8) is 0 Å². The van der Waals surface area contributed by atoms with Gasteiger partial charge in [-0.25, -0.2) is 8.42 Å². The second kappa shape index (κ2) is 7.61. The molecule has 2 aliphatic rings. The smallest absolute Gasteiger partial charge is 0.253 e. The quantitative estimate of drug-likeness (QED) is 0.847. The first kappa shape index (κ1) is 18.5. The molecule has 3 heterocycles. The second-order valence-electron chi connectivity index (χ2n) is 6.80. The predicted octanol–water partition coefficient (Wildman–Crippen LogP) is 2.93. The molecule has 8 heteroatoms. The number of hydrogen-bond acceptors (Lipinski definition) is 5. The van der Waals surface area contributed by atoms with Crippen LogP contribution in [0.3, 0.4) is 0 Å². The number of amides is 1. The molecule has 1 N–H and O–H groups in total. The van der Waals surface area contributed by atoms with Gasteiger partial charge in [-0.1, -0.05) is 30.7 Å². The number of benzene rings is 1. The summed E-state index contributed by atoms with van der Waals surface area (Å²) in [5, 5.41) is 4.81. The molecule has 27 heavy (non-hydrogen) atoms. The lowest BCUT2D eigenvalue weighted by atomic mass is 9.99. The van der Waals surface area contributed by atoms with Crippen LogP contribution in [0.4, 0.5) is 0 Å². The van der Waals surface area contributed by atoms with E-state index in [9.17, 15) is 13.2 Å². The SMILES string of the molecule is O=C(N[C@H]1CCOc2ccccc21)[C@@H]1CCCCN1S(=O)(=O)c1cccs1. The monoisotopic (exact) mass is 406 g/mol. The maximum atomic E-state index is 13.0. The van der Waals surface area contributed by atoms with E-state index in [1.54, 1.807) is 17.5 Å². The van der Waals surface area contributed by atoms with Crippen LogP contribution in [0.1, 0.15) is 37.3 Å². The van der Waals surface area contributed by atoms with Gasteiger partial charge in [-0.05, 0) is 30.4 Å². The third kappa shape index (κ3) is 3.61. The number of piperidine rings is 1. The van der Waals surface area contributed by atoms with Gasteiger partial charge in [-0.3, -0.25) is 4.79 Å². The van der Waals surface area contributed by atoms with E-state index in [0.717, 1.165) is 24.2 Å². The Morgan fingerprint density at radius 1 is 1.15 bits per heavy atom. The van der Waals surface area contributed by atoms with Crippen LogP contribution < -0.4 is 10.1 Å². The first-order valence-corrected chi connectivity index (χ1v) is 11.5. The standard InChI is InChI=1S/C19H22N2O4S2/c22-19(20-15-10-12-25-17-8-2-1-6-14(15)17)16-7-3-4-11-21(16)27(23,24)18-9-5-13-26-18/h1-2,5-6,8-9,13,15-16H,3-4,7,10-12H2,(H,20,22)/t15-,16-/m0/s1. The summed E-state index contributed by atoms with van der Waals surface area (Å²) in [6.07, 6.45) is 2.84. The maximum Gasteiger partial charge on any atom is 0.253 e. The first-order valence-electron chi connectivity index (χ1n) is 9.15. The lowest BCUT2D eigenvalue weighted by molar-refractivity contribution is -0.126. The van der Waals surface area contributed by atoms with Crippen molar-refractivity contribution < 1.29 is 17.9 Å². The van der Waals surface area contributed by atoms with Gasteiger partial charge in [0.05, 0.1) is 12.6 Å². The summed E-state index contributed by atoms with van der Waals surface area (Å²) in [4.78, 5) is 13.0. The van der Waals surface area contributed by atoms with Gasteiger partial charge in [-0.2, -0.15) is 4.31 Å². The third-order valence-corrected chi connectivity index (χ3v) is 8.37. The molecule has 2 atom stereocenters. The number of fused-ring (bicyclic) bond motifs is 1. The summed E-state index contributed by atoms with van der Waals surface area (Å²) in [5.41, 5.74) is 0.945. The van der Waals surface area contributed by atoms with E-state index in [2.05, 4.69) is 5.32 Å². The minimum atomic E-state index is -3.65. The summed E-state index contributed by atoms with van der Waals surface area (Å²) in [7, 11) is -3.65. The van der Waals surface area contributed by atoms with E-state index in [1.165, 1.54) is 15.6 Å². The zero-order chi connectivity index (χ0) is 18.9. The Balaban J connectivity index is 1.56. The number of nitrogens with zero attached hydrogens (tertiary/aromatic N) is 1. The summed E-state index contributed by atoms with van der Waals surface area (Å²) in [6.45, 7) is 0.909. The Morgan fingerprint density at radius 3 is 2.81 bits per heavy atom. The summed E-state index contributed by atoms with van der Waals surface area (Å²) in [6, 6.07) is 10.1. The molecule has 144 valence electrons. The van der Waals surface area contributed by atoms with Crippen LogP contribution in [0.15, 0.2) is 46.0 Å². The fourth-order valence-electron chi connectivity index (χ4n) is 3.74. The number of sulfonamides is 1. The highest BCUT2D eigenvalue weighted by Gasteiger charge is 2.39. The third-order valence-electron chi connectivity index (χ3n) is 5.09. The van der Waals surface area contributed by atoms with Crippen LogP contribution in [0.5, 0.6) is 5.75 Å². The largest absolute Gasteiger partial charge is 0.493 e. The van der Waals surface area contributed by atoms with Crippen LogP contribution in [0.25, 0.3) is 0 Å². The molecule has 1 aromatic heterocycles. The molecule has 1 amide bonds. The topological polar surface area (TPSA) is 75.7 Å². The van der Waals surface area contributed by atoms with Crippen molar-refractivity contribution in [3.05, 3.63) is 47.3 Å². The number of nitrogens with one attached hydrogen (secondary N) is 1. The highest BCUT2D eigenvalue weighted by Crippen LogP contribution is 2.33. The van der Waals surface area contributed by atoms with E-state index in [-0.39, 0.29) is 11.9 Å². The number of hydrogen-bond donors (Lipinski definition) is 1. The molecule has 4 rings (SSSR count).